The summed E-state index contributed by atoms with van der Waals surface area (Å²) < 4.78 is 133. The lowest BCUT2D eigenvalue weighted by Gasteiger charge is -2.38. The number of ether oxygens (including phenoxy) is 2. The Labute approximate surface area is 253 Å². The maximum absolute atomic E-state index is 13.8. The Morgan fingerprint density at radius 1 is 0.756 bits per heavy atom. The van der Waals surface area contributed by atoms with Gasteiger partial charge < -0.3 is 14.4 Å². The van der Waals surface area contributed by atoms with Gasteiger partial charge in [0, 0.05) is 24.6 Å². The number of alkyl halides is 9. The van der Waals surface area contributed by atoms with E-state index in [-0.39, 0.29) is 23.5 Å². The minimum Gasteiger partial charge on any atom is -0.496 e. The molecule has 0 aliphatic carbocycles. The zero-order valence-corrected chi connectivity index (χ0v) is 24.8. The number of carbonyl (C=O) groups is 1. The fourth-order valence-electron chi connectivity index (χ4n) is 5.18. The van der Waals surface area contributed by atoms with Gasteiger partial charge in [0.25, 0.3) is 0 Å². The van der Waals surface area contributed by atoms with Gasteiger partial charge in [0.15, 0.2) is 0 Å². The number of halogens is 9. The standard InChI is InChI=1S/C32H30F9NO3/c1-17-10-27(18-11-22(31(36,37)38)14-23(12-18)32(39,40)41)45-28(43)42(17)16-19-13-21(30(33,34)35)6-8-24(19)25-15-20(29(2,3)4)7-9-26(25)44-5/h6-9,11-15,17,27H,10,16H2,1-5H3/t17-,27?/m0/s1. The molecule has 3 aromatic rings. The van der Waals surface area contributed by atoms with Gasteiger partial charge >= 0.3 is 24.6 Å². The molecule has 2 atom stereocenters. The zero-order chi connectivity index (χ0) is 33.7. The lowest BCUT2D eigenvalue weighted by molar-refractivity contribution is -0.143. The van der Waals surface area contributed by atoms with E-state index in [1.165, 1.54) is 20.1 Å². The van der Waals surface area contributed by atoms with Crippen LogP contribution >= 0.6 is 0 Å². The number of rotatable bonds is 5. The summed E-state index contributed by atoms with van der Waals surface area (Å²) in [6.07, 6.45) is -17.7. The Morgan fingerprint density at radius 3 is 1.80 bits per heavy atom. The summed E-state index contributed by atoms with van der Waals surface area (Å²) in [5.41, 5.74) is -3.19. The van der Waals surface area contributed by atoms with E-state index in [9.17, 15) is 44.3 Å². The minimum atomic E-state index is -5.10. The van der Waals surface area contributed by atoms with E-state index in [0.29, 0.717) is 29.0 Å². The molecule has 1 aliphatic rings. The third-order valence-corrected chi connectivity index (χ3v) is 7.68. The van der Waals surface area contributed by atoms with E-state index >= 15 is 0 Å². The van der Waals surface area contributed by atoms with Crippen molar-refractivity contribution in [2.45, 2.75) is 76.8 Å². The number of hydrogen-bond acceptors (Lipinski definition) is 3. The molecule has 13 heteroatoms. The minimum absolute atomic E-state index is 0.0258. The van der Waals surface area contributed by atoms with E-state index in [1.54, 1.807) is 12.1 Å². The van der Waals surface area contributed by atoms with Crippen LogP contribution < -0.4 is 4.74 Å². The number of methoxy groups -OCH3 is 1. The molecule has 1 heterocycles. The monoisotopic (exact) mass is 647 g/mol. The van der Waals surface area contributed by atoms with E-state index in [4.69, 9.17) is 9.47 Å². The van der Waals surface area contributed by atoms with Gasteiger partial charge in [0.2, 0.25) is 0 Å². The first-order chi connectivity index (χ1) is 20.6. The van der Waals surface area contributed by atoms with Crippen molar-refractivity contribution in [3.63, 3.8) is 0 Å². The normalized spacial score (nSPS) is 18.2. The average molecular weight is 648 g/mol. The van der Waals surface area contributed by atoms with Crippen LogP contribution in [-0.2, 0) is 35.2 Å². The summed E-state index contributed by atoms with van der Waals surface area (Å²) in [6.45, 7) is 6.95. The first kappa shape index (κ1) is 34.0. The van der Waals surface area contributed by atoms with Crippen LogP contribution in [-0.4, -0.2) is 24.1 Å². The van der Waals surface area contributed by atoms with Crippen molar-refractivity contribution in [3.05, 3.63) is 88.0 Å². The van der Waals surface area contributed by atoms with Crippen molar-refractivity contribution in [2.24, 2.45) is 0 Å². The molecule has 0 N–H and O–H groups in total. The molecule has 0 saturated carbocycles. The highest BCUT2D eigenvalue weighted by Gasteiger charge is 2.40. The van der Waals surface area contributed by atoms with E-state index in [2.05, 4.69) is 0 Å². The number of carbonyl (C=O) groups excluding carboxylic acids is 1. The Balaban J connectivity index is 1.74. The van der Waals surface area contributed by atoms with Crippen molar-refractivity contribution in [2.75, 3.05) is 7.11 Å². The second-order valence-electron chi connectivity index (χ2n) is 12.0. The van der Waals surface area contributed by atoms with Crippen LogP contribution in [0, 0.1) is 0 Å². The van der Waals surface area contributed by atoms with Crippen molar-refractivity contribution in [1.29, 1.82) is 0 Å². The van der Waals surface area contributed by atoms with Crippen molar-refractivity contribution < 1.29 is 53.8 Å². The summed E-state index contributed by atoms with van der Waals surface area (Å²) in [5.74, 6) is 0.364. The first-order valence-electron chi connectivity index (χ1n) is 13.7. The molecule has 244 valence electrons. The second kappa shape index (κ2) is 11.8. The van der Waals surface area contributed by atoms with Gasteiger partial charge in [-0.25, -0.2) is 4.79 Å². The van der Waals surface area contributed by atoms with E-state index in [1.807, 2.05) is 26.8 Å². The van der Waals surface area contributed by atoms with Gasteiger partial charge in [0.1, 0.15) is 11.9 Å². The number of hydrogen-bond donors (Lipinski definition) is 0. The van der Waals surface area contributed by atoms with E-state index in [0.717, 1.165) is 22.6 Å². The molecular weight excluding hydrogens is 617 g/mol. The third-order valence-electron chi connectivity index (χ3n) is 7.68. The Kier molecular flexibility index (Phi) is 8.91. The lowest BCUT2D eigenvalue weighted by atomic mass is 9.84. The summed E-state index contributed by atoms with van der Waals surface area (Å²) in [5, 5.41) is 0. The topological polar surface area (TPSA) is 38.8 Å². The number of benzene rings is 3. The molecule has 0 aromatic heterocycles. The predicted octanol–water partition coefficient (Wildman–Crippen LogP) is 10.2. The molecule has 1 aliphatic heterocycles. The first-order valence-corrected chi connectivity index (χ1v) is 13.7. The van der Waals surface area contributed by atoms with Gasteiger partial charge in [-0.3, -0.25) is 0 Å². The number of amides is 1. The van der Waals surface area contributed by atoms with Crippen molar-refractivity contribution in [1.82, 2.24) is 4.90 Å². The van der Waals surface area contributed by atoms with Crippen LogP contribution in [0.4, 0.5) is 44.3 Å². The van der Waals surface area contributed by atoms with Crippen LogP contribution in [0.25, 0.3) is 11.1 Å². The Bertz CT molecular complexity index is 1540. The SMILES string of the molecule is COc1ccc(C(C)(C)C)cc1-c1ccc(C(F)(F)F)cc1CN1C(=O)OC(c2cc(C(F)(F)F)cc(C(F)(F)F)c2)C[C@@H]1C. The summed E-state index contributed by atoms with van der Waals surface area (Å²) >= 11 is 0. The van der Waals surface area contributed by atoms with Crippen LogP contribution in [0.15, 0.2) is 54.6 Å². The molecule has 45 heavy (non-hydrogen) atoms. The fourth-order valence-corrected chi connectivity index (χ4v) is 5.18. The van der Waals surface area contributed by atoms with Crippen LogP contribution in [0.1, 0.15) is 73.6 Å². The molecule has 0 radical (unpaired) electrons. The molecule has 1 unspecified atom stereocenters. The third kappa shape index (κ3) is 7.50. The van der Waals surface area contributed by atoms with Gasteiger partial charge in [-0.05, 0) is 77.1 Å². The summed E-state index contributed by atoms with van der Waals surface area (Å²) in [7, 11) is 1.40. The largest absolute Gasteiger partial charge is 0.496 e. The maximum atomic E-state index is 13.8. The average Bonchev–Trinajstić information content (AvgIpc) is 2.92. The van der Waals surface area contributed by atoms with Crippen LogP contribution in [0.5, 0.6) is 5.75 Å². The van der Waals surface area contributed by atoms with Gasteiger partial charge in [0.05, 0.1) is 23.8 Å². The number of nitrogens with zero attached hydrogens (tertiary/aromatic N) is 1. The lowest BCUT2D eigenvalue weighted by Crippen LogP contribution is -2.44. The Hall–Kier alpha value is -3.90. The fraction of sp³-hybridized carbons (Fsp3) is 0.406. The van der Waals surface area contributed by atoms with Crippen molar-refractivity contribution in [3.8, 4) is 16.9 Å². The van der Waals surface area contributed by atoms with Crippen molar-refractivity contribution >= 4 is 6.09 Å². The molecule has 1 amide bonds. The zero-order valence-electron chi connectivity index (χ0n) is 24.8. The molecule has 1 fully saturated rings. The predicted molar refractivity (Wildman–Crippen MR) is 147 cm³/mol. The highest BCUT2D eigenvalue weighted by atomic mass is 19.4. The van der Waals surface area contributed by atoms with Crippen LogP contribution in [0.3, 0.4) is 0 Å². The molecule has 1 saturated heterocycles. The number of cyclic esters (lactones) is 1. The molecular formula is C32H30F9NO3. The highest BCUT2D eigenvalue weighted by Crippen LogP contribution is 2.42. The van der Waals surface area contributed by atoms with Gasteiger partial charge in [-0.15, -0.1) is 0 Å². The molecule has 3 aromatic carbocycles. The maximum Gasteiger partial charge on any atom is 0.416 e. The molecule has 4 nitrogen and oxygen atoms in total. The van der Waals surface area contributed by atoms with E-state index < -0.39 is 65.6 Å². The molecule has 0 bridgehead atoms. The molecule has 4 rings (SSSR count). The second-order valence-corrected chi connectivity index (χ2v) is 12.0. The summed E-state index contributed by atoms with van der Waals surface area (Å²) in [4.78, 5) is 14.3. The highest BCUT2D eigenvalue weighted by molar-refractivity contribution is 5.76. The Morgan fingerprint density at radius 2 is 1.31 bits per heavy atom. The van der Waals surface area contributed by atoms with Gasteiger partial charge in [-0.2, -0.15) is 39.5 Å². The van der Waals surface area contributed by atoms with Gasteiger partial charge in [-0.1, -0.05) is 32.9 Å². The summed E-state index contributed by atoms with van der Waals surface area (Å²) in [6, 6.07) is 8.49. The quantitative estimate of drug-likeness (QED) is 0.259. The molecule has 0 spiro atoms. The smallest absolute Gasteiger partial charge is 0.416 e. The van der Waals surface area contributed by atoms with Crippen LogP contribution in [0.2, 0.25) is 0 Å².